The Hall–Kier alpha value is -2.46. The average molecular weight is 321 g/mol. The quantitative estimate of drug-likeness (QED) is 0.709. The summed E-state index contributed by atoms with van der Waals surface area (Å²) in [4.78, 5) is 20.5. The van der Waals surface area contributed by atoms with Gasteiger partial charge < -0.3 is 10.3 Å². The van der Waals surface area contributed by atoms with E-state index in [-0.39, 0.29) is 5.78 Å². The van der Waals surface area contributed by atoms with Crippen molar-refractivity contribution in [2.24, 2.45) is 5.41 Å². The van der Waals surface area contributed by atoms with Gasteiger partial charge in [-0.2, -0.15) is 0 Å². The van der Waals surface area contributed by atoms with Gasteiger partial charge in [0.05, 0.1) is 22.3 Å². The number of H-pyrrole nitrogens is 1. The fraction of sp³-hybridized carbons (Fsp3) is 0.300. The number of aromatic amines is 1. The molecule has 0 saturated heterocycles. The van der Waals surface area contributed by atoms with Crippen LogP contribution in [0.1, 0.15) is 36.7 Å². The number of Topliss-reactive ketones (excluding diaryl/α,β-unsaturated/α-hetero) is 1. The molecule has 0 aliphatic rings. The van der Waals surface area contributed by atoms with Gasteiger partial charge in [-0.15, -0.1) is 0 Å². The highest BCUT2D eigenvalue weighted by Gasteiger charge is 2.26. The molecule has 0 aliphatic carbocycles. The Morgan fingerprint density at radius 1 is 1.12 bits per heavy atom. The predicted molar refractivity (Wildman–Crippen MR) is 98.1 cm³/mol. The summed E-state index contributed by atoms with van der Waals surface area (Å²) in [5.41, 5.74) is 5.01. The van der Waals surface area contributed by atoms with Gasteiger partial charge in [0.15, 0.2) is 5.78 Å². The molecule has 1 aromatic carbocycles. The molecule has 4 nitrogen and oxygen atoms in total. The van der Waals surface area contributed by atoms with Crippen LogP contribution >= 0.6 is 0 Å². The van der Waals surface area contributed by atoms with E-state index in [9.17, 15) is 4.79 Å². The summed E-state index contributed by atoms with van der Waals surface area (Å²) in [5.74, 6) is 0.0998. The molecule has 0 atom stereocenters. The molecule has 24 heavy (non-hydrogen) atoms. The Morgan fingerprint density at radius 2 is 1.83 bits per heavy atom. The maximum absolute atomic E-state index is 12.6. The molecule has 0 saturated carbocycles. The Labute approximate surface area is 142 Å². The van der Waals surface area contributed by atoms with E-state index in [0.717, 1.165) is 28.8 Å². The number of carbonyl (C=O) groups excluding carboxylic acids is 1. The summed E-state index contributed by atoms with van der Waals surface area (Å²) >= 11 is 0. The van der Waals surface area contributed by atoms with Crippen molar-refractivity contribution in [3.8, 4) is 11.3 Å². The van der Waals surface area contributed by atoms with Crippen LogP contribution in [-0.2, 0) is 6.54 Å². The van der Waals surface area contributed by atoms with Gasteiger partial charge in [0.2, 0.25) is 0 Å². The summed E-state index contributed by atoms with van der Waals surface area (Å²) in [7, 11) is 1.93. The van der Waals surface area contributed by atoms with Gasteiger partial charge in [-0.1, -0.05) is 45.0 Å². The lowest BCUT2D eigenvalue weighted by molar-refractivity contribution is 0.0860. The first-order valence-electron chi connectivity index (χ1n) is 8.17. The van der Waals surface area contributed by atoms with E-state index in [1.54, 1.807) is 6.20 Å². The van der Waals surface area contributed by atoms with E-state index in [0.29, 0.717) is 5.56 Å². The number of aromatic nitrogens is 2. The van der Waals surface area contributed by atoms with Gasteiger partial charge in [0, 0.05) is 23.7 Å². The third-order valence-electron chi connectivity index (χ3n) is 4.08. The molecule has 2 N–H and O–H groups in total. The number of ketones is 1. The van der Waals surface area contributed by atoms with Crippen LogP contribution in [0.15, 0.2) is 42.6 Å². The fourth-order valence-electron chi connectivity index (χ4n) is 2.73. The van der Waals surface area contributed by atoms with Crippen LogP contribution < -0.4 is 5.32 Å². The number of benzene rings is 1. The molecule has 0 bridgehead atoms. The zero-order valence-electron chi connectivity index (χ0n) is 14.6. The number of nitrogens with one attached hydrogen (secondary N) is 2. The number of nitrogens with zero attached hydrogens (tertiary/aromatic N) is 1. The van der Waals surface area contributed by atoms with Crippen LogP contribution in [-0.4, -0.2) is 22.8 Å². The summed E-state index contributed by atoms with van der Waals surface area (Å²) in [6.07, 6.45) is 1.77. The van der Waals surface area contributed by atoms with Gasteiger partial charge in [-0.3, -0.25) is 4.79 Å². The van der Waals surface area contributed by atoms with E-state index >= 15 is 0 Å². The van der Waals surface area contributed by atoms with E-state index in [1.807, 2.05) is 40.0 Å². The first kappa shape index (κ1) is 16.4. The SMILES string of the molecule is CNCc1ccc(-c2ccc3[nH]cc(C(=O)C(C)(C)C)c3n2)cc1. The summed E-state index contributed by atoms with van der Waals surface area (Å²) in [5, 5.41) is 3.14. The van der Waals surface area contributed by atoms with E-state index in [4.69, 9.17) is 4.98 Å². The monoisotopic (exact) mass is 321 g/mol. The largest absolute Gasteiger partial charge is 0.359 e. The topological polar surface area (TPSA) is 57.8 Å². The minimum atomic E-state index is -0.429. The number of pyridine rings is 1. The number of rotatable bonds is 4. The molecule has 2 aromatic heterocycles. The minimum absolute atomic E-state index is 0.0998. The van der Waals surface area contributed by atoms with Crippen LogP contribution in [0.3, 0.4) is 0 Å². The Morgan fingerprint density at radius 3 is 2.46 bits per heavy atom. The van der Waals surface area contributed by atoms with Crippen molar-refractivity contribution in [1.29, 1.82) is 0 Å². The Balaban J connectivity index is 2.03. The molecule has 3 aromatic rings. The molecule has 0 unspecified atom stereocenters. The van der Waals surface area contributed by atoms with Crippen molar-refractivity contribution in [1.82, 2.24) is 15.3 Å². The van der Waals surface area contributed by atoms with Crippen LogP contribution in [0.4, 0.5) is 0 Å². The maximum atomic E-state index is 12.6. The fourth-order valence-corrected chi connectivity index (χ4v) is 2.73. The number of carbonyl (C=O) groups is 1. The van der Waals surface area contributed by atoms with E-state index < -0.39 is 5.41 Å². The maximum Gasteiger partial charge on any atom is 0.171 e. The highest BCUT2D eigenvalue weighted by molar-refractivity contribution is 6.09. The van der Waals surface area contributed by atoms with Gasteiger partial charge in [-0.25, -0.2) is 4.98 Å². The summed E-state index contributed by atoms with van der Waals surface area (Å²) < 4.78 is 0. The second kappa shape index (κ2) is 6.21. The molecule has 0 fully saturated rings. The minimum Gasteiger partial charge on any atom is -0.359 e. The lowest BCUT2D eigenvalue weighted by Crippen LogP contribution is -2.20. The van der Waals surface area contributed by atoms with Crippen molar-refractivity contribution in [2.45, 2.75) is 27.3 Å². The first-order valence-corrected chi connectivity index (χ1v) is 8.17. The van der Waals surface area contributed by atoms with Crippen molar-refractivity contribution >= 4 is 16.8 Å². The molecule has 124 valence electrons. The summed E-state index contributed by atoms with van der Waals surface area (Å²) in [6.45, 7) is 6.63. The highest BCUT2D eigenvalue weighted by atomic mass is 16.1. The molecule has 0 aliphatic heterocycles. The normalized spacial score (nSPS) is 11.8. The predicted octanol–water partition coefficient (Wildman–Crippen LogP) is 4.18. The number of hydrogen-bond donors (Lipinski definition) is 2. The molecule has 3 rings (SSSR count). The zero-order chi connectivity index (χ0) is 17.3. The lowest BCUT2D eigenvalue weighted by atomic mass is 9.87. The molecule has 0 amide bonds. The standard InChI is InChI=1S/C20H23N3O/c1-20(2,3)19(24)15-12-22-17-10-9-16(23-18(15)17)14-7-5-13(6-8-14)11-21-4/h5-10,12,21-22H,11H2,1-4H3. The summed E-state index contributed by atoms with van der Waals surface area (Å²) in [6, 6.07) is 12.3. The second-order valence-corrected chi connectivity index (χ2v) is 7.10. The Bertz CT molecular complexity index is 870. The first-order chi connectivity index (χ1) is 11.4. The second-order valence-electron chi connectivity index (χ2n) is 7.10. The molecule has 4 heteroatoms. The van der Waals surface area contributed by atoms with Gasteiger partial charge in [0.1, 0.15) is 0 Å². The van der Waals surface area contributed by atoms with Crippen LogP contribution in [0, 0.1) is 5.41 Å². The van der Waals surface area contributed by atoms with Crippen molar-refractivity contribution in [2.75, 3.05) is 7.05 Å². The van der Waals surface area contributed by atoms with Crippen molar-refractivity contribution in [3.05, 3.63) is 53.7 Å². The van der Waals surface area contributed by atoms with E-state index in [2.05, 4.69) is 34.6 Å². The molecular formula is C20H23N3O. The third kappa shape index (κ3) is 3.10. The van der Waals surface area contributed by atoms with Crippen molar-refractivity contribution < 1.29 is 4.79 Å². The molecular weight excluding hydrogens is 298 g/mol. The lowest BCUT2D eigenvalue weighted by Gasteiger charge is -2.15. The smallest absolute Gasteiger partial charge is 0.171 e. The highest BCUT2D eigenvalue weighted by Crippen LogP contribution is 2.28. The van der Waals surface area contributed by atoms with Crippen molar-refractivity contribution in [3.63, 3.8) is 0 Å². The van der Waals surface area contributed by atoms with Crippen LogP contribution in [0.5, 0.6) is 0 Å². The Kier molecular flexibility index (Phi) is 4.24. The molecule has 0 spiro atoms. The molecule has 0 radical (unpaired) electrons. The van der Waals surface area contributed by atoms with Gasteiger partial charge >= 0.3 is 0 Å². The van der Waals surface area contributed by atoms with Gasteiger partial charge in [-0.05, 0) is 24.7 Å². The number of hydrogen-bond acceptors (Lipinski definition) is 3. The van der Waals surface area contributed by atoms with E-state index in [1.165, 1.54) is 5.56 Å². The number of fused-ring (bicyclic) bond motifs is 1. The average Bonchev–Trinajstić information content (AvgIpc) is 2.97. The van der Waals surface area contributed by atoms with Crippen LogP contribution in [0.25, 0.3) is 22.3 Å². The molecule has 2 heterocycles. The zero-order valence-corrected chi connectivity index (χ0v) is 14.6. The van der Waals surface area contributed by atoms with Crippen LogP contribution in [0.2, 0.25) is 0 Å². The third-order valence-corrected chi connectivity index (χ3v) is 4.08. The van der Waals surface area contributed by atoms with Gasteiger partial charge in [0.25, 0.3) is 0 Å².